The lowest BCUT2D eigenvalue weighted by Crippen LogP contribution is -2.56. The molecule has 1 saturated heterocycles. The Morgan fingerprint density at radius 1 is 1.09 bits per heavy atom. The standard InChI is InChI=1S/C25H39N5O4/c1-16(2)13-22(27-23(32)19-7-9-20(10-8-19)28(5)6)25(34)29-12-11-17(3)30(15-21(31)14-29)24(33)18(4)26/h7-10,16-18,22H,11-15,26H2,1-6H3,(H,27,32)/t17-,18+,22-/m0/s1. The first kappa shape index (κ1) is 27.3. The number of benzene rings is 1. The van der Waals surface area contributed by atoms with Crippen LogP contribution in [-0.4, -0.2) is 85.2 Å². The number of nitrogens with two attached hydrogens (primary N) is 1. The molecule has 34 heavy (non-hydrogen) atoms. The topological polar surface area (TPSA) is 116 Å². The quantitative estimate of drug-likeness (QED) is 0.616. The van der Waals surface area contributed by atoms with Crippen molar-refractivity contribution in [1.82, 2.24) is 15.1 Å². The summed E-state index contributed by atoms with van der Waals surface area (Å²) in [5.74, 6) is -0.952. The van der Waals surface area contributed by atoms with Crippen LogP contribution in [0.5, 0.6) is 0 Å². The van der Waals surface area contributed by atoms with E-state index in [0.717, 1.165) is 5.69 Å². The summed E-state index contributed by atoms with van der Waals surface area (Å²) in [7, 11) is 3.84. The molecular formula is C25H39N5O4. The van der Waals surface area contributed by atoms with Gasteiger partial charge in [0.25, 0.3) is 5.91 Å². The Hall–Kier alpha value is -2.94. The van der Waals surface area contributed by atoms with Gasteiger partial charge in [0.1, 0.15) is 6.04 Å². The second kappa shape index (κ2) is 12.0. The zero-order valence-corrected chi connectivity index (χ0v) is 21.2. The number of carbonyl (C=O) groups is 4. The fraction of sp³-hybridized carbons (Fsp3) is 0.600. The van der Waals surface area contributed by atoms with Crippen LogP contribution in [0.2, 0.25) is 0 Å². The van der Waals surface area contributed by atoms with E-state index >= 15 is 0 Å². The summed E-state index contributed by atoms with van der Waals surface area (Å²) in [6, 6.07) is 5.49. The van der Waals surface area contributed by atoms with E-state index in [9.17, 15) is 19.2 Å². The van der Waals surface area contributed by atoms with Crippen molar-refractivity contribution in [3.63, 3.8) is 0 Å². The van der Waals surface area contributed by atoms with Crippen molar-refractivity contribution in [3.05, 3.63) is 29.8 Å². The van der Waals surface area contributed by atoms with Crippen LogP contribution in [0.25, 0.3) is 0 Å². The van der Waals surface area contributed by atoms with Gasteiger partial charge in [-0.15, -0.1) is 0 Å². The molecular weight excluding hydrogens is 434 g/mol. The largest absolute Gasteiger partial charge is 0.378 e. The first-order valence-electron chi connectivity index (χ1n) is 11.9. The number of nitrogens with zero attached hydrogens (tertiary/aromatic N) is 3. The number of Topliss-reactive ketones (excluding diaryl/α,β-unsaturated/α-hetero) is 1. The van der Waals surface area contributed by atoms with Crippen molar-refractivity contribution >= 4 is 29.2 Å². The lowest BCUT2D eigenvalue weighted by atomic mass is 10.0. The highest BCUT2D eigenvalue weighted by molar-refractivity contribution is 5.98. The predicted molar refractivity (Wildman–Crippen MR) is 133 cm³/mol. The third kappa shape index (κ3) is 7.28. The molecule has 9 heteroatoms. The second-order valence-electron chi connectivity index (χ2n) is 9.79. The highest BCUT2D eigenvalue weighted by Crippen LogP contribution is 2.16. The van der Waals surface area contributed by atoms with Crippen LogP contribution in [0.15, 0.2) is 24.3 Å². The maximum atomic E-state index is 13.4. The van der Waals surface area contributed by atoms with Gasteiger partial charge in [-0.1, -0.05) is 13.8 Å². The Kier molecular flexibility index (Phi) is 9.61. The first-order chi connectivity index (χ1) is 15.9. The number of hydrogen-bond acceptors (Lipinski definition) is 6. The maximum absolute atomic E-state index is 13.4. The van der Waals surface area contributed by atoms with Crippen molar-refractivity contribution in [2.24, 2.45) is 11.7 Å². The molecule has 1 heterocycles. The molecule has 3 N–H and O–H groups in total. The Morgan fingerprint density at radius 3 is 2.24 bits per heavy atom. The van der Waals surface area contributed by atoms with E-state index < -0.39 is 12.1 Å². The molecule has 0 radical (unpaired) electrons. The highest BCUT2D eigenvalue weighted by atomic mass is 16.2. The number of carbonyl (C=O) groups excluding carboxylic acids is 4. The SMILES string of the molecule is CC(C)C[C@H](NC(=O)c1ccc(N(C)C)cc1)C(=O)N1CC[C@H](C)N(C(=O)[C@@H](C)N)CC(=O)C1. The minimum atomic E-state index is -0.745. The van der Waals surface area contributed by atoms with Gasteiger partial charge in [-0.05, 0) is 56.9 Å². The van der Waals surface area contributed by atoms with Crippen molar-refractivity contribution in [2.45, 2.75) is 58.7 Å². The average molecular weight is 474 g/mol. The summed E-state index contributed by atoms with van der Waals surface area (Å²) < 4.78 is 0. The van der Waals surface area contributed by atoms with Crippen molar-refractivity contribution in [2.75, 3.05) is 38.6 Å². The van der Waals surface area contributed by atoms with Gasteiger partial charge in [-0.3, -0.25) is 19.2 Å². The summed E-state index contributed by atoms with van der Waals surface area (Å²) in [6.07, 6.45) is 0.974. The molecule has 0 saturated carbocycles. The van der Waals surface area contributed by atoms with Gasteiger partial charge in [0.2, 0.25) is 11.8 Å². The number of nitrogens with one attached hydrogen (secondary N) is 1. The van der Waals surface area contributed by atoms with Crippen LogP contribution in [0, 0.1) is 5.92 Å². The molecule has 1 fully saturated rings. The van der Waals surface area contributed by atoms with Gasteiger partial charge in [-0.2, -0.15) is 0 Å². The monoisotopic (exact) mass is 473 g/mol. The fourth-order valence-corrected chi connectivity index (χ4v) is 4.00. The summed E-state index contributed by atoms with van der Waals surface area (Å²) in [4.78, 5) is 56.4. The molecule has 9 nitrogen and oxygen atoms in total. The number of rotatable bonds is 7. The van der Waals surface area contributed by atoms with E-state index in [4.69, 9.17) is 5.73 Å². The Balaban J connectivity index is 2.15. The van der Waals surface area contributed by atoms with Crippen LogP contribution < -0.4 is 16.0 Å². The molecule has 3 amide bonds. The van der Waals surface area contributed by atoms with Gasteiger partial charge in [0, 0.05) is 37.9 Å². The lowest BCUT2D eigenvalue weighted by Gasteiger charge is -2.36. The third-order valence-corrected chi connectivity index (χ3v) is 6.00. The number of hydrogen-bond donors (Lipinski definition) is 2. The van der Waals surface area contributed by atoms with Gasteiger partial charge in [-0.25, -0.2) is 0 Å². The van der Waals surface area contributed by atoms with E-state index in [1.54, 1.807) is 19.1 Å². The molecule has 2 rings (SSSR count). The predicted octanol–water partition coefficient (Wildman–Crippen LogP) is 1.26. The number of amides is 3. The lowest BCUT2D eigenvalue weighted by molar-refractivity contribution is -0.143. The molecule has 188 valence electrons. The smallest absolute Gasteiger partial charge is 0.251 e. The van der Waals surface area contributed by atoms with Crippen LogP contribution in [0.3, 0.4) is 0 Å². The first-order valence-corrected chi connectivity index (χ1v) is 11.9. The zero-order valence-electron chi connectivity index (χ0n) is 21.2. The van der Waals surface area contributed by atoms with E-state index in [1.165, 1.54) is 9.80 Å². The molecule has 0 spiro atoms. The molecule has 1 aliphatic heterocycles. The van der Waals surface area contributed by atoms with E-state index in [2.05, 4.69) is 5.32 Å². The average Bonchev–Trinajstić information content (AvgIpc) is 2.77. The van der Waals surface area contributed by atoms with Crippen LogP contribution in [0.4, 0.5) is 5.69 Å². The number of ketones is 1. The molecule has 0 unspecified atom stereocenters. The fourth-order valence-electron chi connectivity index (χ4n) is 4.00. The maximum Gasteiger partial charge on any atom is 0.251 e. The van der Waals surface area contributed by atoms with Crippen LogP contribution in [-0.2, 0) is 14.4 Å². The van der Waals surface area contributed by atoms with E-state index in [1.807, 2.05) is 51.9 Å². The van der Waals surface area contributed by atoms with Gasteiger partial charge < -0.3 is 25.8 Å². The Morgan fingerprint density at radius 2 is 1.71 bits per heavy atom. The summed E-state index contributed by atoms with van der Waals surface area (Å²) in [5.41, 5.74) is 7.17. The van der Waals surface area contributed by atoms with E-state index in [-0.39, 0.29) is 48.6 Å². The molecule has 0 aliphatic carbocycles. The summed E-state index contributed by atoms with van der Waals surface area (Å²) in [5, 5.41) is 2.88. The minimum absolute atomic E-state index is 0.0786. The zero-order chi connectivity index (χ0) is 25.6. The molecule has 1 aromatic carbocycles. The molecule has 3 atom stereocenters. The van der Waals surface area contributed by atoms with Crippen LogP contribution >= 0.6 is 0 Å². The van der Waals surface area contributed by atoms with Crippen molar-refractivity contribution in [3.8, 4) is 0 Å². The minimum Gasteiger partial charge on any atom is -0.378 e. The Bertz CT molecular complexity index is 882. The van der Waals surface area contributed by atoms with Crippen molar-refractivity contribution in [1.29, 1.82) is 0 Å². The highest BCUT2D eigenvalue weighted by Gasteiger charge is 2.33. The molecule has 0 aromatic heterocycles. The number of anilines is 1. The Labute approximate surface area is 202 Å². The van der Waals surface area contributed by atoms with Gasteiger partial charge in [0.05, 0.1) is 19.1 Å². The van der Waals surface area contributed by atoms with Gasteiger partial charge in [0.15, 0.2) is 5.78 Å². The van der Waals surface area contributed by atoms with Crippen molar-refractivity contribution < 1.29 is 19.2 Å². The molecule has 1 aliphatic rings. The molecule has 0 bridgehead atoms. The van der Waals surface area contributed by atoms with Crippen LogP contribution in [0.1, 0.15) is 50.9 Å². The third-order valence-electron chi connectivity index (χ3n) is 6.00. The van der Waals surface area contributed by atoms with Gasteiger partial charge >= 0.3 is 0 Å². The van der Waals surface area contributed by atoms with E-state index in [0.29, 0.717) is 24.9 Å². The molecule has 1 aromatic rings. The summed E-state index contributed by atoms with van der Waals surface area (Å²) in [6.45, 7) is 7.55. The normalized spacial score (nSPS) is 18.7. The summed E-state index contributed by atoms with van der Waals surface area (Å²) >= 11 is 0. The second-order valence-corrected chi connectivity index (χ2v) is 9.79.